The van der Waals surface area contributed by atoms with Crippen molar-refractivity contribution in [2.24, 2.45) is 10.7 Å². The van der Waals surface area contributed by atoms with Crippen LogP contribution >= 0.6 is 0 Å². The molecule has 4 heteroatoms. The summed E-state index contributed by atoms with van der Waals surface area (Å²) in [4.78, 5) is 3.99. The lowest BCUT2D eigenvalue weighted by molar-refractivity contribution is 0.194. The van der Waals surface area contributed by atoms with Gasteiger partial charge >= 0.3 is 0 Å². The highest BCUT2D eigenvalue weighted by atomic mass is 19.1. The average molecular weight is 194 g/mol. The molecule has 1 aliphatic heterocycles. The zero-order valence-electron chi connectivity index (χ0n) is 7.77. The maximum atomic E-state index is 13.4. The minimum absolute atomic E-state index is 0.130. The monoisotopic (exact) mass is 194 g/mol. The van der Waals surface area contributed by atoms with Gasteiger partial charge in [-0.15, -0.1) is 0 Å². The van der Waals surface area contributed by atoms with E-state index >= 15 is 0 Å². The molecule has 3 nitrogen and oxygen atoms in total. The molecule has 0 bridgehead atoms. The van der Waals surface area contributed by atoms with Gasteiger partial charge in [0.1, 0.15) is 5.82 Å². The molecule has 2 atom stereocenters. The predicted octanol–water partition coefficient (Wildman–Crippen LogP) is 1.60. The van der Waals surface area contributed by atoms with Gasteiger partial charge in [-0.1, -0.05) is 18.2 Å². The van der Waals surface area contributed by atoms with Crippen molar-refractivity contribution in [1.29, 1.82) is 0 Å². The van der Waals surface area contributed by atoms with Crippen LogP contribution in [0.3, 0.4) is 0 Å². The first-order chi connectivity index (χ1) is 6.68. The van der Waals surface area contributed by atoms with Crippen LogP contribution in [0.1, 0.15) is 18.6 Å². The smallest absolute Gasteiger partial charge is 0.283 e. The Morgan fingerprint density at radius 2 is 2.14 bits per heavy atom. The Morgan fingerprint density at radius 3 is 2.71 bits per heavy atom. The second-order valence-electron chi connectivity index (χ2n) is 3.27. The van der Waals surface area contributed by atoms with Crippen molar-refractivity contribution in [1.82, 2.24) is 0 Å². The van der Waals surface area contributed by atoms with E-state index in [1.807, 2.05) is 6.92 Å². The van der Waals surface area contributed by atoms with Crippen LogP contribution in [0.25, 0.3) is 0 Å². The number of rotatable bonds is 1. The number of aliphatic imine (C=N–C) groups is 1. The summed E-state index contributed by atoms with van der Waals surface area (Å²) in [6.07, 6.45) is -0.392. The summed E-state index contributed by atoms with van der Waals surface area (Å²) in [5, 5.41) is 0. The lowest BCUT2D eigenvalue weighted by Gasteiger charge is -2.14. The molecule has 1 aliphatic rings. The second-order valence-corrected chi connectivity index (χ2v) is 3.27. The van der Waals surface area contributed by atoms with Gasteiger partial charge in [-0.05, 0) is 13.0 Å². The average Bonchev–Trinajstić information content (AvgIpc) is 2.46. The van der Waals surface area contributed by atoms with Crippen molar-refractivity contribution < 1.29 is 9.13 Å². The number of hydrogen-bond acceptors (Lipinski definition) is 3. The number of hydrogen-bond donors (Lipinski definition) is 1. The molecule has 2 N–H and O–H groups in total. The SMILES string of the molecule is CC1N=C(N)OC1c1ccccc1F. The maximum Gasteiger partial charge on any atom is 0.283 e. The van der Waals surface area contributed by atoms with Gasteiger partial charge in [-0.25, -0.2) is 9.38 Å². The lowest BCUT2D eigenvalue weighted by atomic mass is 10.0. The fourth-order valence-corrected chi connectivity index (χ4v) is 1.56. The number of benzene rings is 1. The van der Waals surface area contributed by atoms with E-state index in [1.54, 1.807) is 18.2 Å². The minimum Gasteiger partial charge on any atom is -0.455 e. The Labute approximate surface area is 81.4 Å². The Morgan fingerprint density at radius 1 is 1.43 bits per heavy atom. The van der Waals surface area contributed by atoms with E-state index in [4.69, 9.17) is 10.5 Å². The third-order valence-corrected chi connectivity index (χ3v) is 2.23. The van der Waals surface area contributed by atoms with Crippen molar-refractivity contribution in [2.45, 2.75) is 19.1 Å². The number of ether oxygens (including phenoxy) is 1. The molecule has 0 spiro atoms. The van der Waals surface area contributed by atoms with Gasteiger partial charge in [-0.2, -0.15) is 0 Å². The summed E-state index contributed by atoms with van der Waals surface area (Å²) in [5.74, 6) is -0.283. The molecule has 0 aliphatic carbocycles. The van der Waals surface area contributed by atoms with Crippen molar-refractivity contribution in [3.05, 3.63) is 35.6 Å². The molecule has 2 rings (SSSR count). The Hall–Kier alpha value is -1.58. The fourth-order valence-electron chi connectivity index (χ4n) is 1.56. The van der Waals surface area contributed by atoms with Crippen molar-refractivity contribution >= 4 is 6.02 Å². The zero-order chi connectivity index (χ0) is 10.1. The number of halogens is 1. The highest BCUT2D eigenvalue weighted by Crippen LogP contribution is 2.29. The standard InChI is InChI=1S/C10H11FN2O/c1-6-9(14-10(12)13-6)7-4-2-3-5-8(7)11/h2-6,9H,1H3,(H2,12,13). The molecule has 14 heavy (non-hydrogen) atoms. The van der Waals surface area contributed by atoms with Crippen molar-refractivity contribution in [3.8, 4) is 0 Å². The van der Waals surface area contributed by atoms with Crippen LogP contribution in [0.5, 0.6) is 0 Å². The Kier molecular flexibility index (Phi) is 2.11. The van der Waals surface area contributed by atoms with Crippen LogP contribution in [0, 0.1) is 5.82 Å². The van der Waals surface area contributed by atoms with Crippen LogP contribution in [-0.4, -0.2) is 12.1 Å². The maximum absolute atomic E-state index is 13.4. The van der Waals surface area contributed by atoms with E-state index in [-0.39, 0.29) is 17.9 Å². The van der Waals surface area contributed by atoms with E-state index < -0.39 is 6.10 Å². The molecule has 0 fully saturated rings. The molecular weight excluding hydrogens is 183 g/mol. The number of nitrogens with zero attached hydrogens (tertiary/aromatic N) is 1. The predicted molar refractivity (Wildman–Crippen MR) is 51.3 cm³/mol. The van der Waals surface area contributed by atoms with Crippen molar-refractivity contribution in [2.75, 3.05) is 0 Å². The van der Waals surface area contributed by atoms with E-state index in [2.05, 4.69) is 4.99 Å². The number of amidine groups is 1. The summed E-state index contributed by atoms with van der Waals surface area (Å²) >= 11 is 0. The normalized spacial score (nSPS) is 25.7. The number of nitrogens with two attached hydrogens (primary N) is 1. The van der Waals surface area contributed by atoms with Crippen LogP contribution in [0.2, 0.25) is 0 Å². The molecular formula is C10H11FN2O. The molecule has 1 heterocycles. The molecule has 1 aromatic carbocycles. The first kappa shape index (κ1) is 8.99. The first-order valence-electron chi connectivity index (χ1n) is 4.43. The molecule has 74 valence electrons. The molecule has 1 aromatic rings. The van der Waals surface area contributed by atoms with Gasteiger partial charge in [0.15, 0.2) is 6.10 Å². The summed E-state index contributed by atoms with van der Waals surface area (Å²) in [6.45, 7) is 1.84. The van der Waals surface area contributed by atoms with Gasteiger partial charge in [0.2, 0.25) is 0 Å². The van der Waals surface area contributed by atoms with E-state index in [0.717, 1.165) is 0 Å². The quantitative estimate of drug-likeness (QED) is 0.738. The van der Waals surface area contributed by atoms with E-state index in [1.165, 1.54) is 6.07 Å². The Bertz CT molecular complexity index is 378. The lowest BCUT2D eigenvalue weighted by Crippen LogP contribution is -2.15. The molecule has 0 saturated carbocycles. The second kappa shape index (κ2) is 3.29. The first-order valence-corrected chi connectivity index (χ1v) is 4.43. The minimum atomic E-state index is -0.392. The summed E-state index contributed by atoms with van der Waals surface area (Å²) in [7, 11) is 0. The third kappa shape index (κ3) is 1.43. The van der Waals surface area contributed by atoms with Crippen molar-refractivity contribution in [3.63, 3.8) is 0 Å². The van der Waals surface area contributed by atoms with Gasteiger partial charge < -0.3 is 10.5 Å². The van der Waals surface area contributed by atoms with Crippen LogP contribution in [0.4, 0.5) is 4.39 Å². The topological polar surface area (TPSA) is 47.6 Å². The van der Waals surface area contributed by atoms with Gasteiger partial charge in [-0.3, -0.25) is 0 Å². The largest absolute Gasteiger partial charge is 0.455 e. The summed E-state index contributed by atoms with van der Waals surface area (Å²) < 4.78 is 18.6. The third-order valence-electron chi connectivity index (χ3n) is 2.23. The highest BCUT2D eigenvalue weighted by Gasteiger charge is 2.29. The highest BCUT2D eigenvalue weighted by molar-refractivity contribution is 5.73. The molecule has 0 amide bonds. The van der Waals surface area contributed by atoms with E-state index in [9.17, 15) is 4.39 Å². The van der Waals surface area contributed by atoms with Gasteiger partial charge in [0.25, 0.3) is 6.02 Å². The van der Waals surface area contributed by atoms with Gasteiger partial charge in [0.05, 0.1) is 6.04 Å². The molecule has 0 aromatic heterocycles. The fraction of sp³-hybridized carbons (Fsp3) is 0.300. The molecule has 0 saturated heterocycles. The van der Waals surface area contributed by atoms with Crippen LogP contribution < -0.4 is 5.73 Å². The molecule has 2 unspecified atom stereocenters. The molecule has 0 radical (unpaired) electrons. The van der Waals surface area contributed by atoms with Gasteiger partial charge in [0, 0.05) is 5.56 Å². The summed E-state index contributed by atoms with van der Waals surface area (Å²) in [5.41, 5.74) is 5.91. The zero-order valence-corrected chi connectivity index (χ0v) is 7.77. The van der Waals surface area contributed by atoms with E-state index in [0.29, 0.717) is 5.56 Å². The summed E-state index contributed by atoms with van der Waals surface area (Å²) in [6, 6.07) is 6.49. The van der Waals surface area contributed by atoms with Crippen LogP contribution in [0.15, 0.2) is 29.3 Å². The van der Waals surface area contributed by atoms with Crippen LogP contribution in [-0.2, 0) is 4.74 Å². The Balaban J connectivity index is 2.30.